The molecule has 0 aliphatic rings. The van der Waals surface area contributed by atoms with Crippen LogP contribution in [0.2, 0.25) is 0 Å². The summed E-state index contributed by atoms with van der Waals surface area (Å²) in [5.41, 5.74) is 0.494. The molecule has 5 nitrogen and oxygen atoms in total. The van der Waals surface area contributed by atoms with Crippen molar-refractivity contribution >= 4 is 38.5 Å². The summed E-state index contributed by atoms with van der Waals surface area (Å²) < 4.78 is 42.1. The number of alkyl halides is 3. The number of hydrogen-bond acceptors (Lipinski definition) is 3. The van der Waals surface area contributed by atoms with Gasteiger partial charge in [-0.2, -0.15) is 18.3 Å². The Labute approximate surface area is 156 Å². The number of thiophene rings is 1. The van der Waals surface area contributed by atoms with Gasteiger partial charge < -0.3 is 5.32 Å². The average Bonchev–Trinajstić information content (AvgIpc) is 3.24. The molecule has 0 aliphatic heterocycles. The second-order valence-electron chi connectivity index (χ2n) is 6.11. The van der Waals surface area contributed by atoms with E-state index in [0.717, 1.165) is 27.7 Å². The lowest BCUT2D eigenvalue weighted by Gasteiger charge is -2.09. The van der Waals surface area contributed by atoms with Crippen molar-refractivity contribution in [3.63, 3.8) is 0 Å². The summed E-state index contributed by atoms with van der Waals surface area (Å²) in [7, 11) is 1.78. The van der Waals surface area contributed by atoms with Crippen molar-refractivity contribution in [1.82, 2.24) is 19.7 Å². The molecule has 3 aromatic heterocycles. The average molecular weight is 392 g/mol. The number of fused-ring (bicyclic) bond motifs is 3. The van der Waals surface area contributed by atoms with Crippen LogP contribution in [-0.2, 0) is 13.2 Å². The van der Waals surface area contributed by atoms with Gasteiger partial charge in [-0.3, -0.25) is 14.0 Å². The molecule has 1 amide bonds. The summed E-state index contributed by atoms with van der Waals surface area (Å²) in [5.74, 6) is -0.172. The predicted molar refractivity (Wildman–Crippen MR) is 98.4 cm³/mol. The monoisotopic (exact) mass is 392 g/mol. The van der Waals surface area contributed by atoms with Gasteiger partial charge in [-0.15, -0.1) is 11.3 Å². The molecule has 0 saturated heterocycles. The Morgan fingerprint density at radius 1 is 1.22 bits per heavy atom. The zero-order valence-electron chi connectivity index (χ0n) is 14.5. The number of aryl methyl sites for hydroxylation is 1. The first-order valence-electron chi connectivity index (χ1n) is 8.23. The lowest BCUT2D eigenvalue weighted by atomic mass is 10.2. The van der Waals surface area contributed by atoms with Gasteiger partial charge in [0.15, 0.2) is 5.65 Å². The highest BCUT2D eigenvalue weighted by Crippen LogP contribution is 2.37. The van der Waals surface area contributed by atoms with Crippen LogP contribution in [-0.4, -0.2) is 26.8 Å². The summed E-state index contributed by atoms with van der Waals surface area (Å²) >= 11 is 1.29. The van der Waals surface area contributed by atoms with Crippen LogP contribution in [0.4, 0.5) is 13.2 Å². The van der Waals surface area contributed by atoms with Crippen molar-refractivity contribution in [3.05, 3.63) is 47.0 Å². The van der Waals surface area contributed by atoms with E-state index in [1.807, 2.05) is 13.1 Å². The van der Waals surface area contributed by atoms with Gasteiger partial charge in [-0.25, -0.2) is 0 Å². The van der Waals surface area contributed by atoms with Crippen LogP contribution in [0.1, 0.15) is 22.2 Å². The second-order valence-corrected chi connectivity index (χ2v) is 7.14. The zero-order valence-corrected chi connectivity index (χ0v) is 15.3. The second kappa shape index (κ2) is 6.12. The molecule has 0 radical (unpaired) electrons. The van der Waals surface area contributed by atoms with E-state index in [1.54, 1.807) is 22.4 Å². The fourth-order valence-electron chi connectivity index (χ4n) is 3.07. The van der Waals surface area contributed by atoms with Crippen LogP contribution in [0.15, 0.2) is 36.5 Å². The summed E-state index contributed by atoms with van der Waals surface area (Å²) in [6, 6.07) is 6.74. The maximum absolute atomic E-state index is 12.9. The largest absolute Gasteiger partial charge is 0.416 e. The van der Waals surface area contributed by atoms with E-state index in [0.29, 0.717) is 22.8 Å². The number of halogens is 3. The highest BCUT2D eigenvalue weighted by atomic mass is 32.1. The van der Waals surface area contributed by atoms with Crippen LogP contribution >= 0.6 is 11.3 Å². The Balaban J connectivity index is 1.93. The Kier molecular flexibility index (Phi) is 3.99. The molecule has 0 saturated carbocycles. The Hall–Kier alpha value is -2.81. The standard InChI is InChI=1S/C18H15F3N4OS/c1-3-22-16(26)14-8-12-13-9-24(2)23-15(13)25(17(12)27-14)11-6-4-10(5-7-11)18(19,20)21/h4-9H,3H2,1-2H3,(H,22,26). The number of aromatic nitrogens is 3. The van der Waals surface area contributed by atoms with Gasteiger partial charge >= 0.3 is 6.18 Å². The molecule has 0 atom stereocenters. The van der Waals surface area contributed by atoms with E-state index >= 15 is 0 Å². The maximum atomic E-state index is 12.9. The first-order chi connectivity index (χ1) is 12.8. The van der Waals surface area contributed by atoms with Crippen LogP contribution in [0, 0.1) is 0 Å². The topological polar surface area (TPSA) is 51.9 Å². The number of carbonyl (C=O) groups excluding carboxylic acids is 1. The fraction of sp³-hybridized carbons (Fsp3) is 0.222. The Morgan fingerprint density at radius 3 is 2.56 bits per heavy atom. The number of carbonyl (C=O) groups is 1. The number of amides is 1. The van der Waals surface area contributed by atoms with Crippen molar-refractivity contribution in [1.29, 1.82) is 0 Å². The van der Waals surface area contributed by atoms with E-state index in [4.69, 9.17) is 0 Å². The molecule has 0 aliphatic carbocycles. The molecular formula is C18H15F3N4OS. The van der Waals surface area contributed by atoms with Crippen molar-refractivity contribution < 1.29 is 18.0 Å². The Morgan fingerprint density at radius 2 is 1.93 bits per heavy atom. The summed E-state index contributed by atoms with van der Waals surface area (Å²) in [6.07, 6.45) is -2.55. The van der Waals surface area contributed by atoms with E-state index in [1.165, 1.54) is 23.5 Å². The van der Waals surface area contributed by atoms with E-state index in [-0.39, 0.29) is 5.91 Å². The predicted octanol–water partition coefficient (Wildman–Crippen LogP) is 4.35. The third-order valence-electron chi connectivity index (χ3n) is 4.24. The summed E-state index contributed by atoms with van der Waals surface area (Å²) in [5, 5.41) is 8.91. The van der Waals surface area contributed by atoms with Crippen LogP contribution in [0.5, 0.6) is 0 Å². The van der Waals surface area contributed by atoms with Gasteiger partial charge in [0.05, 0.1) is 10.4 Å². The van der Waals surface area contributed by atoms with Crippen molar-refractivity contribution in [2.24, 2.45) is 7.05 Å². The van der Waals surface area contributed by atoms with Crippen molar-refractivity contribution in [3.8, 4) is 5.69 Å². The SMILES string of the molecule is CCNC(=O)c1cc2c3cn(C)nc3n(-c3ccc(C(F)(F)F)cc3)c2s1. The minimum Gasteiger partial charge on any atom is -0.352 e. The molecule has 4 rings (SSSR count). The Bertz CT molecular complexity index is 1150. The molecule has 4 aromatic rings. The lowest BCUT2D eigenvalue weighted by Crippen LogP contribution is -2.21. The normalized spacial score (nSPS) is 12.2. The molecule has 1 aromatic carbocycles. The molecule has 1 N–H and O–H groups in total. The minimum absolute atomic E-state index is 0.172. The van der Waals surface area contributed by atoms with E-state index in [2.05, 4.69) is 10.4 Å². The van der Waals surface area contributed by atoms with Gasteiger partial charge in [-0.05, 0) is 37.3 Å². The number of nitrogens with one attached hydrogen (secondary N) is 1. The number of hydrogen-bond donors (Lipinski definition) is 1. The molecule has 140 valence electrons. The molecule has 27 heavy (non-hydrogen) atoms. The van der Waals surface area contributed by atoms with Crippen molar-refractivity contribution in [2.45, 2.75) is 13.1 Å². The third kappa shape index (κ3) is 2.87. The van der Waals surface area contributed by atoms with Crippen LogP contribution < -0.4 is 5.32 Å². The smallest absolute Gasteiger partial charge is 0.352 e. The zero-order chi connectivity index (χ0) is 19.3. The molecular weight excluding hydrogens is 377 g/mol. The molecule has 3 heterocycles. The van der Waals surface area contributed by atoms with E-state index < -0.39 is 11.7 Å². The molecule has 9 heteroatoms. The molecule has 0 unspecified atom stereocenters. The number of benzene rings is 1. The fourth-order valence-corrected chi connectivity index (χ4v) is 4.18. The number of nitrogens with zero attached hydrogens (tertiary/aromatic N) is 3. The van der Waals surface area contributed by atoms with Gasteiger partial charge in [-0.1, -0.05) is 0 Å². The van der Waals surface area contributed by atoms with Crippen LogP contribution in [0.25, 0.3) is 26.9 Å². The minimum atomic E-state index is -4.39. The number of rotatable bonds is 3. The highest BCUT2D eigenvalue weighted by molar-refractivity contribution is 7.20. The third-order valence-corrected chi connectivity index (χ3v) is 5.36. The van der Waals surface area contributed by atoms with E-state index in [9.17, 15) is 18.0 Å². The van der Waals surface area contributed by atoms with Gasteiger partial charge in [0.2, 0.25) is 0 Å². The molecule has 0 bridgehead atoms. The van der Waals surface area contributed by atoms with Gasteiger partial charge in [0.1, 0.15) is 4.83 Å². The van der Waals surface area contributed by atoms with Crippen molar-refractivity contribution in [2.75, 3.05) is 6.54 Å². The summed E-state index contributed by atoms with van der Waals surface area (Å²) in [6.45, 7) is 2.36. The first-order valence-corrected chi connectivity index (χ1v) is 9.04. The molecule has 0 fully saturated rings. The van der Waals surface area contributed by atoms with Gasteiger partial charge in [0, 0.05) is 36.2 Å². The van der Waals surface area contributed by atoms with Crippen LogP contribution in [0.3, 0.4) is 0 Å². The molecule has 0 spiro atoms. The quantitative estimate of drug-likeness (QED) is 0.564. The van der Waals surface area contributed by atoms with Gasteiger partial charge in [0.25, 0.3) is 5.91 Å². The first kappa shape index (κ1) is 17.6. The highest BCUT2D eigenvalue weighted by Gasteiger charge is 2.30. The lowest BCUT2D eigenvalue weighted by molar-refractivity contribution is -0.137. The maximum Gasteiger partial charge on any atom is 0.416 e. The summed E-state index contributed by atoms with van der Waals surface area (Å²) in [4.78, 5) is 13.5.